The van der Waals surface area contributed by atoms with Crippen molar-refractivity contribution in [1.29, 1.82) is 0 Å². The third-order valence-corrected chi connectivity index (χ3v) is 7.00. The van der Waals surface area contributed by atoms with Crippen LogP contribution in [0.2, 0.25) is 0 Å². The van der Waals surface area contributed by atoms with E-state index in [0.29, 0.717) is 11.3 Å². The number of benzene rings is 4. The van der Waals surface area contributed by atoms with Gasteiger partial charge in [0.1, 0.15) is 11.9 Å². The third-order valence-electron chi connectivity index (χ3n) is 7.00. The first-order chi connectivity index (χ1) is 19.4. The standard InChI is InChI=1S/C31H26F3N3O3/c32-21-13-10-19(11-14-21)29(23(18-38)20-12-15-24(33)25(34)16-20)31(40)36-27-17-37(22-6-2-1-3-7-22)28-9-5-4-8-26(28)35-30(27)39/h1-16,23,27,29,38H,17-18H2,(H,35,39)(H,36,40)/t23-,27-,29+/m0/s1. The smallest absolute Gasteiger partial charge is 0.248 e. The maximum absolute atomic E-state index is 14.1. The van der Waals surface area contributed by atoms with Crippen molar-refractivity contribution in [3.63, 3.8) is 0 Å². The number of nitrogens with one attached hydrogen (secondary N) is 2. The maximum Gasteiger partial charge on any atom is 0.248 e. The van der Waals surface area contributed by atoms with E-state index in [1.807, 2.05) is 47.4 Å². The van der Waals surface area contributed by atoms with E-state index in [4.69, 9.17) is 0 Å². The Labute approximate surface area is 229 Å². The number of fused-ring (bicyclic) bond motifs is 1. The number of anilines is 3. The highest BCUT2D eigenvalue weighted by atomic mass is 19.2. The summed E-state index contributed by atoms with van der Waals surface area (Å²) in [7, 11) is 0. The lowest BCUT2D eigenvalue weighted by Crippen LogP contribution is -2.50. The quantitative estimate of drug-likeness (QED) is 0.297. The number of nitrogens with zero attached hydrogens (tertiary/aromatic N) is 1. The molecule has 1 aliphatic heterocycles. The van der Waals surface area contributed by atoms with Gasteiger partial charge in [0, 0.05) is 11.6 Å². The Morgan fingerprint density at radius 3 is 2.27 bits per heavy atom. The molecule has 0 aliphatic carbocycles. The normalized spacial score (nSPS) is 16.4. The van der Waals surface area contributed by atoms with Crippen LogP contribution in [-0.2, 0) is 9.59 Å². The molecule has 0 saturated heterocycles. The fourth-order valence-corrected chi connectivity index (χ4v) is 5.01. The van der Waals surface area contributed by atoms with Crippen molar-refractivity contribution < 1.29 is 27.9 Å². The van der Waals surface area contributed by atoms with Crippen molar-refractivity contribution in [2.45, 2.75) is 17.9 Å². The lowest BCUT2D eigenvalue weighted by atomic mass is 9.81. The van der Waals surface area contributed by atoms with E-state index in [9.17, 15) is 27.9 Å². The molecule has 9 heteroatoms. The van der Waals surface area contributed by atoms with E-state index in [1.54, 1.807) is 12.1 Å². The number of amides is 2. The number of carbonyl (C=O) groups is 2. The Morgan fingerprint density at radius 1 is 0.900 bits per heavy atom. The van der Waals surface area contributed by atoms with Crippen molar-refractivity contribution in [3.8, 4) is 0 Å². The van der Waals surface area contributed by atoms with Crippen molar-refractivity contribution in [3.05, 3.63) is 126 Å². The van der Waals surface area contributed by atoms with E-state index in [0.717, 1.165) is 23.5 Å². The zero-order valence-electron chi connectivity index (χ0n) is 21.2. The Bertz CT molecular complexity index is 1520. The molecular formula is C31H26F3N3O3. The molecule has 5 rings (SSSR count). The van der Waals surface area contributed by atoms with Crippen LogP contribution in [0.4, 0.5) is 30.2 Å². The van der Waals surface area contributed by atoms with E-state index in [1.165, 1.54) is 30.3 Å². The third kappa shape index (κ3) is 5.55. The van der Waals surface area contributed by atoms with E-state index >= 15 is 0 Å². The molecule has 0 aromatic heterocycles. The molecule has 204 valence electrons. The number of halogens is 3. The van der Waals surface area contributed by atoms with Crippen molar-refractivity contribution in [2.75, 3.05) is 23.4 Å². The summed E-state index contributed by atoms with van der Waals surface area (Å²) < 4.78 is 41.6. The van der Waals surface area contributed by atoms with Gasteiger partial charge in [0.15, 0.2) is 11.6 Å². The molecule has 6 nitrogen and oxygen atoms in total. The molecule has 2 amide bonds. The summed E-state index contributed by atoms with van der Waals surface area (Å²) in [4.78, 5) is 29.2. The molecule has 0 radical (unpaired) electrons. The molecule has 3 N–H and O–H groups in total. The lowest BCUT2D eigenvalue weighted by Gasteiger charge is -2.30. The van der Waals surface area contributed by atoms with Crippen molar-refractivity contribution >= 4 is 28.9 Å². The first-order valence-electron chi connectivity index (χ1n) is 12.7. The molecule has 1 aliphatic rings. The molecule has 0 unspecified atom stereocenters. The van der Waals surface area contributed by atoms with Crippen LogP contribution in [0, 0.1) is 17.5 Å². The number of rotatable bonds is 7. The Hall–Kier alpha value is -4.63. The first kappa shape index (κ1) is 27.0. The highest BCUT2D eigenvalue weighted by molar-refractivity contribution is 6.03. The first-order valence-corrected chi connectivity index (χ1v) is 12.7. The summed E-state index contributed by atoms with van der Waals surface area (Å²) in [6.45, 7) is -0.511. The molecule has 0 fully saturated rings. The fraction of sp³-hybridized carbons (Fsp3) is 0.161. The van der Waals surface area contributed by atoms with Gasteiger partial charge in [-0.15, -0.1) is 0 Å². The summed E-state index contributed by atoms with van der Waals surface area (Å²) in [6, 6.07) is 23.8. The molecule has 0 spiro atoms. The maximum atomic E-state index is 14.1. The van der Waals surface area contributed by atoms with Gasteiger partial charge in [0.2, 0.25) is 11.8 Å². The molecule has 3 atom stereocenters. The Morgan fingerprint density at radius 2 is 1.57 bits per heavy atom. The van der Waals surface area contributed by atoms with Gasteiger partial charge in [-0.2, -0.15) is 0 Å². The predicted molar refractivity (Wildman–Crippen MR) is 146 cm³/mol. The number of aliphatic hydroxyl groups is 1. The van der Waals surface area contributed by atoms with Crippen LogP contribution in [0.25, 0.3) is 0 Å². The summed E-state index contributed by atoms with van der Waals surface area (Å²) in [5.41, 5.74) is 2.62. The van der Waals surface area contributed by atoms with E-state index in [-0.39, 0.29) is 12.1 Å². The van der Waals surface area contributed by atoms with Crippen molar-refractivity contribution in [1.82, 2.24) is 5.32 Å². The monoisotopic (exact) mass is 545 g/mol. The van der Waals surface area contributed by atoms with Gasteiger partial charge in [-0.3, -0.25) is 9.59 Å². The van der Waals surface area contributed by atoms with Crippen LogP contribution in [0.15, 0.2) is 97.1 Å². The number of carbonyl (C=O) groups excluding carboxylic acids is 2. The Kier molecular flexibility index (Phi) is 7.84. The summed E-state index contributed by atoms with van der Waals surface area (Å²) in [5.74, 6) is -6.00. The average Bonchev–Trinajstić information content (AvgIpc) is 3.10. The number of aliphatic hydroxyl groups excluding tert-OH is 1. The predicted octanol–water partition coefficient (Wildman–Crippen LogP) is 5.24. The van der Waals surface area contributed by atoms with Gasteiger partial charge in [-0.25, -0.2) is 13.2 Å². The molecule has 4 aromatic carbocycles. The second-order valence-corrected chi connectivity index (χ2v) is 9.51. The SMILES string of the molecule is O=C1Nc2ccccc2N(c2ccccc2)C[C@@H]1NC(=O)[C@H](c1ccc(F)cc1)[C@@H](CO)c1ccc(F)c(F)c1. The van der Waals surface area contributed by atoms with Gasteiger partial charge < -0.3 is 20.6 Å². The van der Waals surface area contributed by atoms with E-state index < -0.39 is 53.8 Å². The zero-order chi connectivity index (χ0) is 28.2. The van der Waals surface area contributed by atoms with Crippen LogP contribution in [0.5, 0.6) is 0 Å². The zero-order valence-corrected chi connectivity index (χ0v) is 21.2. The van der Waals surface area contributed by atoms with Crippen LogP contribution in [-0.4, -0.2) is 36.1 Å². The fourth-order valence-electron chi connectivity index (χ4n) is 5.01. The van der Waals surface area contributed by atoms with Gasteiger partial charge in [-0.1, -0.05) is 48.5 Å². The Balaban J connectivity index is 1.51. The van der Waals surface area contributed by atoms with Crippen LogP contribution >= 0.6 is 0 Å². The minimum atomic E-state index is -1.15. The molecular weight excluding hydrogens is 519 g/mol. The molecule has 1 heterocycles. The second-order valence-electron chi connectivity index (χ2n) is 9.51. The topological polar surface area (TPSA) is 81.7 Å². The minimum Gasteiger partial charge on any atom is -0.396 e. The highest BCUT2D eigenvalue weighted by Crippen LogP contribution is 2.36. The highest BCUT2D eigenvalue weighted by Gasteiger charge is 2.36. The van der Waals surface area contributed by atoms with Crippen LogP contribution < -0.4 is 15.5 Å². The van der Waals surface area contributed by atoms with Gasteiger partial charge in [0.05, 0.1) is 30.4 Å². The van der Waals surface area contributed by atoms with Gasteiger partial charge in [-0.05, 0) is 59.7 Å². The number of hydrogen-bond acceptors (Lipinski definition) is 4. The van der Waals surface area contributed by atoms with Crippen molar-refractivity contribution in [2.24, 2.45) is 0 Å². The lowest BCUT2D eigenvalue weighted by molar-refractivity contribution is -0.127. The average molecular weight is 546 g/mol. The molecule has 0 bridgehead atoms. The molecule has 0 saturated carbocycles. The molecule has 4 aromatic rings. The van der Waals surface area contributed by atoms with Crippen LogP contribution in [0.3, 0.4) is 0 Å². The number of para-hydroxylation sites is 3. The summed E-state index contributed by atoms with van der Waals surface area (Å²) >= 11 is 0. The number of hydrogen-bond donors (Lipinski definition) is 3. The minimum absolute atomic E-state index is 0.0870. The van der Waals surface area contributed by atoms with E-state index in [2.05, 4.69) is 10.6 Å². The van der Waals surface area contributed by atoms with Gasteiger partial charge in [0.25, 0.3) is 0 Å². The summed E-state index contributed by atoms with van der Waals surface area (Å²) in [5, 5.41) is 16.0. The largest absolute Gasteiger partial charge is 0.396 e. The van der Waals surface area contributed by atoms with Gasteiger partial charge >= 0.3 is 0 Å². The van der Waals surface area contributed by atoms with Crippen LogP contribution in [0.1, 0.15) is 23.0 Å². The molecule has 40 heavy (non-hydrogen) atoms. The second kappa shape index (κ2) is 11.6. The summed E-state index contributed by atoms with van der Waals surface area (Å²) in [6.07, 6.45) is 0.